The number of aromatic nitrogens is 5. The summed E-state index contributed by atoms with van der Waals surface area (Å²) in [5, 5.41) is 8.27. The van der Waals surface area contributed by atoms with Crippen molar-refractivity contribution in [2.24, 2.45) is 7.05 Å². The van der Waals surface area contributed by atoms with Gasteiger partial charge in [0.2, 0.25) is 5.82 Å². The van der Waals surface area contributed by atoms with Crippen molar-refractivity contribution >= 4 is 17.1 Å². The van der Waals surface area contributed by atoms with Gasteiger partial charge >= 0.3 is 5.69 Å². The number of nitrogens with zero attached hydrogens (tertiary/aromatic N) is 5. The molecule has 0 bridgehead atoms. The third-order valence-corrected chi connectivity index (χ3v) is 6.47. The number of ether oxygens (including phenoxy) is 1. The van der Waals surface area contributed by atoms with Gasteiger partial charge in [-0.15, -0.1) is 0 Å². The minimum absolute atomic E-state index is 0.0362. The van der Waals surface area contributed by atoms with E-state index in [1.54, 1.807) is 10.7 Å². The number of aryl methyl sites for hydroxylation is 1. The highest BCUT2D eigenvalue weighted by atomic mass is 35.5. The zero-order valence-electron chi connectivity index (χ0n) is 19.3. The molecular weight excluding hydrogens is 475 g/mol. The van der Waals surface area contributed by atoms with Crippen LogP contribution in [-0.4, -0.2) is 49.5 Å². The maximum Gasteiger partial charge on any atom is 0.331 e. The second kappa shape index (κ2) is 9.37. The molecule has 0 unspecified atom stereocenters. The molecule has 1 N–H and O–H groups in total. The fraction of sp³-hybridized carbons (Fsp3) is 0.333. The Morgan fingerprint density at radius 2 is 2.09 bits per heavy atom. The Morgan fingerprint density at radius 1 is 1.26 bits per heavy atom. The van der Waals surface area contributed by atoms with Crippen molar-refractivity contribution in [3.8, 4) is 11.3 Å². The van der Waals surface area contributed by atoms with Gasteiger partial charge in [-0.3, -0.25) is 13.9 Å². The van der Waals surface area contributed by atoms with E-state index in [2.05, 4.69) is 15.4 Å². The summed E-state index contributed by atoms with van der Waals surface area (Å²) >= 11 is 6.44. The Labute approximate surface area is 204 Å². The highest BCUT2D eigenvalue weighted by molar-refractivity contribution is 6.31. The average Bonchev–Trinajstić information content (AvgIpc) is 3.26. The summed E-state index contributed by atoms with van der Waals surface area (Å²) in [6.45, 7) is 4.35. The second-order valence-corrected chi connectivity index (χ2v) is 9.12. The molecular formula is C24H24ClFN6O3. The topological polar surface area (TPSA) is 95.5 Å². The van der Waals surface area contributed by atoms with Crippen molar-refractivity contribution in [3.63, 3.8) is 0 Å². The summed E-state index contributed by atoms with van der Waals surface area (Å²) in [6.07, 6.45) is 4.87. The molecule has 4 aromatic rings. The first-order chi connectivity index (χ1) is 16.8. The third-order valence-electron chi connectivity index (χ3n) is 6.26. The molecule has 11 heteroatoms. The van der Waals surface area contributed by atoms with Crippen molar-refractivity contribution < 1.29 is 9.13 Å². The Bertz CT molecular complexity index is 1540. The van der Waals surface area contributed by atoms with Gasteiger partial charge in [-0.05, 0) is 41.8 Å². The van der Waals surface area contributed by atoms with Crippen molar-refractivity contribution in [1.82, 2.24) is 29.0 Å². The molecule has 1 atom stereocenters. The van der Waals surface area contributed by atoms with Crippen LogP contribution in [0, 0.1) is 12.7 Å². The molecule has 5 rings (SSSR count). The second-order valence-electron chi connectivity index (χ2n) is 8.69. The summed E-state index contributed by atoms with van der Waals surface area (Å²) in [5.74, 6) is -0.991. The van der Waals surface area contributed by atoms with Gasteiger partial charge in [-0.1, -0.05) is 11.6 Å². The normalized spacial score (nSPS) is 16.2. The smallest absolute Gasteiger partial charge is 0.331 e. The Hall–Kier alpha value is -3.34. The molecule has 0 amide bonds. The van der Waals surface area contributed by atoms with E-state index in [9.17, 15) is 14.0 Å². The lowest BCUT2D eigenvalue weighted by Gasteiger charge is -2.25. The summed E-state index contributed by atoms with van der Waals surface area (Å²) in [6, 6.07) is 5.67. The van der Waals surface area contributed by atoms with Gasteiger partial charge in [0.15, 0.2) is 0 Å². The number of morpholine rings is 1. The summed E-state index contributed by atoms with van der Waals surface area (Å²) in [4.78, 5) is 28.7. The molecule has 1 aromatic carbocycles. The molecule has 0 saturated carbocycles. The number of halogens is 2. The van der Waals surface area contributed by atoms with Gasteiger partial charge in [0.25, 0.3) is 5.56 Å². The van der Waals surface area contributed by atoms with Crippen LogP contribution in [0.3, 0.4) is 0 Å². The van der Waals surface area contributed by atoms with Crippen molar-refractivity contribution in [2.75, 3.05) is 19.7 Å². The standard InChI is InChI=1S/C24H24ClFN6O3/c1-14-5-16(25)7-19(18(14)8-17-9-27-3-4-35-17)22-21-6-15(11-32(21)29-13-28-22)10-31-12-20(26)23(33)30(2)24(31)34/h5-7,11-13,17,27H,3-4,8-10H2,1-2H3/t17-/m1/s1. The quantitative estimate of drug-likeness (QED) is 0.452. The average molecular weight is 499 g/mol. The highest BCUT2D eigenvalue weighted by Gasteiger charge is 2.21. The van der Waals surface area contributed by atoms with Crippen LogP contribution in [0.5, 0.6) is 0 Å². The molecule has 1 saturated heterocycles. The van der Waals surface area contributed by atoms with Crippen molar-refractivity contribution in [3.05, 3.63) is 85.3 Å². The van der Waals surface area contributed by atoms with Gasteiger partial charge in [-0.25, -0.2) is 14.3 Å². The van der Waals surface area contributed by atoms with Gasteiger partial charge < -0.3 is 10.1 Å². The van der Waals surface area contributed by atoms with Crippen LogP contribution in [0.2, 0.25) is 5.02 Å². The van der Waals surface area contributed by atoms with E-state index in [4.69, 9.17) is 16.3 Å². The zero-order chi connectivity index (χ0) is 24.7. The van der Waals surface area contributed by atoms with Crippen LogP contribution in [-0.2, 0) is 24.8 Å². The lowest BCUT2D eigenvalue weighted by Crippen LogP contribution is -2.39. The summed E-state index contributed by atoms with van der Waals surface area (Å²) < 4.78 is 23.5. The summed E-state index contributed by atoms with van der Waals surface area (Å²) in [5.41, 5.74) is 3.55. The van der Waals surface area contributed by atoms with Crippen LogP contribution in [0.15, 0.2) is 46.5 Å². The van der Waals surface area contributed by atoms with Crippen molar-refractivity contribution in [2.45, 2.75) is 26.0 Å². The molecule has 3 aromatic heterocycles. The maximum absolute atomic E-state index is 14.0. The lowest BCUT2D eigenvalue weighted by atomic mass is 9.94. The Balaban J connectivity index is 1.58. The number of nitrogens with one attached hydrogen (secondary N) is 1. The van der Waals surface area contributed by atoms with E-state index in [-0.39, 0.29) is 12.6 Å². The zero-order valence-corrected chi connectivity index (χ0v) is 20.0. The first kappa shape index (κ1) is 23.4. The first-order valence-electron chi connectivity index (χ1n) is 11.2. The predicted molar refractivity (Wildman–Crippen MR) is 129 cm³/mol. The van der Waals surface area contributed by atoms with Crippen LogP contribution >= 0.6 is 11.6 Å². The molecule has 35 heavy (non-hydrogen) atoms. The number of hydrogen-bond acceptors (Lipinski definition) is 6. The highest BCUT2D eigenvalue weighted by Crippen LogP contribution is 2.33. The van der Waals surface area contributed by atoms with Gasteiger partial charge in [0.1, 0.15) is 6.33 Å². The fourth-order valence-electron chi connectivity index (χ4n) is 4.51. The van der Waals surface area contributed by atoms with Gasteiger partial charge in [0, 0.05) is 43.3 Å². The van der Waals surface area contributed by atoms with E-state index in [0.717, 1.165) is 45.1 Å². The van der Waals surface area contributed by atoms with E-state index < -0.39 is 17.1 Å². The monoisotopic (exact) mass is 498 g/mol. The maximum atomic E-state index is 14.0. The molecule has 1 aliphatic heterocycles. The molecule has 9 nitrogen and oxygen atoms in total. The van der Waals surface area contributed by atoms with Crippen LogP contribution < -0.4 is 16.6 Å². The van der Waals surface area contributed by atoms with E-state index in [1.807, 2.05) is 25.1 Å². The number of benzene rings is 1. The van der Waals surface area contributed by atoms with E-state index >= 15 is 0 Å². The fourth-order valence-corrected chi connectivity index (χ4v) is 4.78. The van der Waals surface area contributed by atoms with Gasteiger partial charge in [0.05, 0.1) is 36.7 Å². The number of fused-ring (bicyclic) bond motifs is 1. The minimum atomic E-state index is -0.991. The SMILES string of the molecule is Cc1cc(Cl)cc(-c2ncnn3cc(Cn4cc(F)c(=O)n(C)c4=O)cc23)c1C[C@@H]1CNCCO1. The summed E-state index contributed by atoms with van der Waals surface area (Å²) in [7, 11) is 1.25. The Kier molecular flexibility index (Phi) is 6.26. The minimum Gasteiger partial charge on any atom is -0.375 e. The molecule has 1 fully saturated rings. The van der Waals surface area contributed by atoms with Crippen LogP contribution in [0.1, 0.15) is 16.7 Å². The largest absolute Gasteiger partial charge is 0.375 e. The number of hydrogen-bond donors (Lipinski definition) is 1. The van der Waals surface area contributed by atoms with E-state index in [1.165, 1.54) is 13.4 Å². The predicted octanol–water partition coefficient (Wildman–Crippen LogP) is 1.94. The van der Waals surface area contributed by atoms with E-state index in [0.29, 0.717) is 34.8 Å². The van der Waals surface area contributed by atoms with Crippen molar-refractivity contribution in [1.29, 1.82) is 0 Å². The Morgan fingerprint density at radius 3 is 2.86 bits per heavy atom. The van der Waals surface area contributed by atoms with Crippen LogP contribution in [0.25, 0.3) is 16.8 Å². The number of rotatable bonds is 5. The van der Waals surface area contributed by atoms with Crippen LogP contribution in [0.4, 0.5) is 4.39 Å². The first-order valence-corrected chi connectivity index (χ1v) is 11.6. The molecule has 0 spiro atoms. The molecule has 0 radical (unpaired) electrons. The van der Waals surface area contributed by atoms with Gasteiger partial charge in [-0.2, -0.15) is 9.49 Å². The lowest BCUT2D eigenvalue weighted by molar-refractivity contribution is 0.0292. The molecule has 0 aliphatic carbocycles. The molecule has 182 valence electrons. The molecule has 1 aliphatic rings. The third kappa shape index (κ3) is 4.52. The molecule has 4 heterocycles.